The molecule has 2 aliphatic heterocycles. The van der Waals surface area contributed by atoms with E-state index in [0.29, 0.717) is 12.8 Å². The first kappa shape index (κ1) is 28.9. The van der Waals surface area contributed by atoms with Gasteiger partial charge in [-0.3, -0.25) is 0 Å². The lowest BCUT2D eigenvalue weighted by Crippen LogP contribution is -2.61. The van der Waals surface area contributed by atoms with Crippen LogP contribution in [0.1, 0.15) is 40.5 Å². The van der Waals surface area contributed by atoms with Gasteiger partial charge in [0.05, 0.1) is 25.4 Å². The molecule has 0 unspecified atom stereocenters. The first-order valence-corrected chi connectivity index (χ1v) is 12.3. The molecule has 3 rings (SSSR count). The minimum atomic E-state index is -1.55. The smallest absolute Gasteiger partial charge is 0.186 e. The van der Waals surface area contributed by atoms with Crippen molar-refractivity contribution in [1.29, 1.82) is 0 Å². The number of hydrogen-bond acceptors (Lipinski definition) is 11. The highest BCUT2D eigenvalue weighted by Gasteiger charge is 2.48. The van der Waals surface area contributed by atoms with E-state index in [2.05, 4.69) is 20.8 Å². The molecule has 3 aliphatic rings. The van der Waals surface area contributed by atoms with Crippen molar-refractivity contribution in [2.75, 3.05) is 13.2 Å². The van der Waals surface area contributed by atoms with Crippen LogP contribution in [-0.4, -0.2) is 116 Å². The Bertz CT molecular complexity index is 701. The van der Waals surface area contributed by atoms with E-state index in [1.54, 1.807) is 13.0 Å². The number of ether oxygens (including phenoxy) is 4. The van der Waals surface area contributed by atoms with Crippen LogP contribution >= 0.6 is 0 Å². The van der Waals surface area contributed by atoms with Crippen molar-refractivity contribution in [3.05, 3.63) is 12.2 Å². The van der Waals surface area contributed by atoms with E-state index in [1.165, 1.54) is 0 Å². The summed E-state index contributed by atoms with van der Waals surface area (Å²) in [6, 6.07) is 0. The number of hydrogen-bond donors (Lipinski definition) is 7. The molecule has 2 saturated heterocycles. The summed E-state index contributed by atoms with van der Waals surface area (Å²) in [5.74, 6) is 0.444. The maximum Gasteiger partial charge on any atom is 0.186 e. The second kappa shape index (κ2) is 11.8. The third-order valence-corrected chi connectivity index (χ3v) is 7.37. The number of aliphatic hydroxyl groups is 7. The zero-order chi connectivity index (χ0) is 26.1. The summed E-state index contributed by atoms with van der Waals surface area (Å²) < 4.78 is 22.5. The van der Waals surface area contributed by atoms with Crippen LogP contribution < -0.4 is 0 Å². The van der Waals surface area contributed by atoms with Crippen LogP contribution in [0.4, 0.5) is 0 Å². The van der Waals surface area contributed by atoms with Gasteiger partial charge in [0.1, 0.15) is 42.7 Å². The molecule has 204 valence electrons. The largest absolute Gasteiger partial charge is 0.389 e. The molecule has 0 bridgehead atoms. The Hall–Kier alpha value is -0.700. The number of aliphatic hydroxyl groups excluding tert-OH is 7. The van der Waals surface area contributed by atoms with E-state index in [1.807, 2.05) is 6.08 Å². The lowest BCUT2D eigenvalue weighted by molar-refractivity contribution is -0.330. The second-order valence-electron chi connectivity index (χ2n) is 10.9. The third kappa shape index (κ3) is 6.79. The molecule has 2 heterocycles. The van der Waals surface area contributed by atoms with E-state index in [0.717, 1.165) is 0 Å². The van der Waals surface area contributed by atoms with E-state index in [-0.39, 0.29) is 36.6 Å². The minimum absolute atomic E-state index is 0.159. The molecule has 0 aromatic rings. The Morgan fingerprint density at radius 3 is 2.26 bits per heavy atom. The van der Waals surface area contributed by atoms with Gasteiger partial charge in [0, 0.05) is 0 Å². The first-order valence-electron chi connectivity index (χ1n) is 12.3. The Kier molecular flexibility index (Phi) is 9.72. The summed E-state index contributed by atoms with van der Waals surface area (Å²) in [7, 11) is 0. The van der Waals surface area contributed by atoms with Gasteiger partial charge < -0.3 is 54.7 Å². The molecule has 11 nitrogen and oxygen atoms in total. The van der Waals surface area contributed by atoms with Crippen molar-refractivity contribution >= 4 is 0 Å². The fourth-order valence-electron chi connectivity index (χ4n) is 5.44. The molecule has 35 heavy (non-hydrogen) atoms. The molecule has 0 aromatic heterocycles. The predicted octanol–water partition coefficient (Wildman–Crippen LogP) is -1.36. The van der Waals surface area contributed by atoms with Gasteiger partial charge in [-0.05, 0) is 37.0 Å². The average Bonchev–Trinajstić information content (AvgIpc) is 2.77. The highest BCUT2D eigenvalue weighted by molar-refractivity contribution is 5.03. The second-order valence-corrected chi connectivity index (χ2v) is 10.9. The highest BCUT2D eigenvalue weighted by Crippen LogP contribution is 2.46. The zero-order valence-corrected chi connectivity index (χ0v) is 20.8. The molecule has 1 saturated carbocycles. The lowest BCUT2D eigenvalue weighted by Gasteiger charge is -2.47. The first-order chi connectivity index (χ1) is 16.3. The molecule has 0 aromatic carbocycles. The molecule has 13 atom stereocenters. The van der Waals surface area contributed by atoms with Gasteiger partial charge in [0.25, 0.3) is 0 Å². The summed E-state index contributed by atoms with van der Waals surface area (Å²) >= 11 is 0. The lowest BCUT2D eigenvalue weighted by atomic mass is 9.63. The van der Waals surface area contributed by atoms with Crippen LogP contribution in [0.2, 0.25) is 0 Å². The quantitative estimate of drug-likeness (QED) is 0.203. The van der Waals surface area contributed by atoms with Gasteiger partial charge in [-0.15, -0.1) is 0 Å². The van der Waals surface area contributed by atoms with Gasteiger partial charge in [-0.25, -0.2) is 0 Å². The fraction of sp³-hybridized carbons (Fsp3) is 0.917. The molecule has 0 radical (unpaired) electrons. The van der Waals surface area contributed by atoms with Gasteiger partial charge in [0.2, 0.25) is 0 Å². The maximum absolute atomic E-state index is 10.5. The van der Waals surface area contributed by atoms with Crippen LogP contribution in [-0.2, 0) is 18.9 Å². The van der Waals surface area contributed by atoms with E-state index >= 15 is 0 Å². The van der Waals surface area contributed by atoms with Gasteiger partial charge in [-0.1, -0.05) is 32.9 Å². The Morgan fingerprint density at radius 2 is 1.63 bits per heavy atom. The van der Waals surface area contributed by atoms with Crippen LogP contribution in [0.5, 0.6) is 0 Å². The Balaban J connectivity index is 1.61. The molecular weight excluding hydrogens is 464 g/mol. The van der Waals surface area contributed by atoms with E-state index in [9.17, 15) is 35.7 Å². The van der Waals surface area contributed by atoms with Gasteiger partial charge >= 0.3 is 0 Å². The minimum Gasteiger partial charge on any atom is -0.389 e. The summed E-state index contributed by atoms with van der Waals surface area (Å²) in [6.07, 6.45) is -7.98. The van der Waals surface area contributed by atoms with E-state index in [4.69, 9.17) is 18.9 Å². The highest BCUT2D eigenvalue weighted by atomic mass is 16.7. The fourth-order valence-corrected chi connectivity index (χ4v) is 5.44. The van der Waals surface area contributed by atoms with Crippen molar-refractivity contribution in [1.82, 2.24) is 0 Å². The molecule has 7 N–H and O–H groups in total. The average molecular weight is 507 g/mol. The van der Waals surface area contributed by atoms with Gasteiger partial charge in [-0.2, -0.15) is 0 Å². The molecule has 0 spiro atoms. The Labute approximate surface area is 205 Å². The summed E-state index contributed by atoms with van der Waals surface area (Å²) in [6.45, 7) is 7.47. The summed E-state index contributed by atoms with van der Waals surface area (Å²) in [5, 5.41) is 70.3. The van der Waals surface area contributed by atoms with Crippen molar-refractivity contribution in [2.24, 2.45) is 17.3 Å². The van der Waals surface area contributed by atoms with Crippen LogP contribution in [0.3, 0.4) is 0 Å². The van der Waals surface area contributed by atoms with Crippen LogP contribution in [0, 0.1) is 17.3 Å². The van der Waals surface area contributed by atoms with Crippen molar-refractivity contribution in [3.63, 3.8) is 0 Å². The monoisotopic (exact) mass is 506 g/mol. The predicted molar refractivity (Wildman–Crippen MR) is 122 cm³/mol. The summed E-state index contributed by atoms with van der Waals surface area (Å²) in [4.78, 5) is 0. The van der Waals surface area contributed by atoms with Crippen molar-refractivity contribution in [2.45, 2.75) is 108 Å². The van der Waals surface area contributed by atoms with Gasteiger partial charge in [0.15, 0.2) is 12.6 Å². The van der Waals surface area contributed by atoms with Crippen LogP contribution in [0.25, 0.3) is 0 Å². The normalized spacial score (nSPS) is 47.6. The number of rotatable bonds is 7. The Morgan fingerprint density at radius 1 is 0.971 bits per heavy atom. The molecule has 3 fully saturated rings. The molecule has 11 heteroatoms. The zero-order valence-electron chi connectivity index (χ0n) is 20.8. The molecular formula is C24H42O11. The van der Waals surface area contributed by atoms with Crippen molar-refractivity contribution in [3.8, 4) is 0 Å². The SMILES string of the molecule is C[C@@H]1C[C@H](O[C@@H]2O[C@H](CO[C@@H]3OC[C@H](O)[C@H](O)[C@H]3O)[C@@H](O)[C@H](O)[C@H]2O)CC(C)(C)[C@H]1C=C[C@@H](C)O. The molecule has 0 amide bonds. The van der Waals surface area contributed by atoms with Crippen LogP contribution in [0.15, 0.2) is 12.2 Å². The maximum atomic E-state index is 10.5. The molecule has 1 aliphatic carbocycles. The summed E-state index contributed by atoms with van der Waals surface area (Å²) in [5.41, 5.74) is -0.159. The van der Waals surface area contributed by atoms with Crippen molar-refractivity contribution < 1.29 is 54.7 Å². The third-order valence-electron chi connectivity index (χ3n) is 7.37. The topological polar surface area (TPSA) is 179 Å². The van der Waals surface area contributed by atoms with E-state index < -0.39 is 61.4 Å². The standard InChI is InChI=1S/C24H42O11/c1-11-7-13(8-24(3,4)14(11)6-5-12(2)25)34-23-21(31)19(29)18(28)16(35-23)10-33-22-20(30)17(27)15(26)9-32-22/h5-6,11-23,25-31H,7-10H2,1-4H3/t11-,12-,13+,14+,15+,16-,17+,18-,19+,20-,21-,22+,23-/m1/s1. The number of allylic oxidation sites excluding steroid dienone is 1.